The van der Waals surface area contributed by atoms with Crippen LogP contribution in [0.15, 0.2) is 54.7 Å². The molecule has 1 fully saturated rings. The van der Waals surface area contributed by atoms with Crippen LogP contribution in [-0.4, -0.2) is 58.8 Å². The third kappa shape index (κ3) is 4.58. The molecule has 1 aliphatic heterocycles. The van der Waals surface area contributed by atoms with Gasteiger partial charge in [0.05, 0.1) is 36.3 Å². The number of anilines is 1. The number of nitrogens with one attached hydrogen (secondary N) is 1. The Bertz CT molecular complexity index is 1200. The van der Waals surface area contributed by atoms with E-state index in [-0.39, 0.29) is 0 Å². The molecule has 7 heteroatoms. The molecule has 0 saturated carbocycles. The second-order valence-electron chi connectivity index (χ2n) is 8.20. The van der Waals surface area contributed by atoms with E-state index < -0.39 is 0 Å². The minimum atomic E-state index is 0.485. The second-order valence-corrected chi connectivity index (χ2v) is 8.47. The number of hydrogen-bond donors (Lipinski definition) is 1. The summed E-state index contributed by atoms with van der Waals surface area (Å²) in [7, 11) is 0. The van der Waals surface area contributed by atoms with Crippen molar-refractivity contribution in [3.63, 3.8) is 0 Å². The fourth-order valence-corrected chi connectivity index (χ4v) is 4.51. The highest BCUT2D eigenvalue weighted by molar-refractivity contribution is 6.17. The van der Waals surface area contributed by atoms with Crippen LogP contribution in [0, 0.1) is 0 Å². The second kappa shape index (κ2) is 9.86. The molecule has 0 unspecified atom stereocenters. The van der Waals surface area contributed by atoms with Crippen molar-refractivity contribution in [2.24, 2.45) is 0 Å². The van der Waals surface area contributed by atoms with Gasteiger partial charge in [0.2, 0.25) is 5.95 Å². The highest BCUT2D eigenvalue weighted by Crippen LogP contribution is 2.25. The van der Waals surface area contributed by atoms with E-state index in [1.807, 2.05) is 18.3 Å². The van der Waals surface area contributed by atoms with Gasteiger partial charge in [0.15, 0.2) is 0 Å². The molecular formula is C25H28ClN5O. The number of morpholine rings is 1. The number of nitrogens with zero attached hydrogens (tertiary/aromatic N) is 4. The molecule has 32 heavy (non-hydrogen) atoms. The average Bonchev–Trinajstić information content (AvgIpc) is 3.19. The predicted molar refractivity (Wildman–Crippen MR) is 131 cm³/mol. The zero-order chi connectivity index (χ0) is 21.8. The maximum Gasteiger partial charge on any atom is 0.204 e. The molecule has 4 aromatic rings. The highest BCUT2D eigenvalue weighted by atomic mass is 35.5. The third-order valence-electron chi connectivity index (χ3n) is 6.05. The van der Waals surface area contributed by atoms with Crippen LogP contribution >= 0.6 is 11.6 Å². The minimum absolute atomic E-state index is 0.485. The molecule has 0 atom stereocenters. The molecular weight excluding hydrogens is 422 g/mol. The smallest absolute Gasteiger partial charge is 0.204 e. The average molecular weight is 450 g/mol. The van der Waals surface area contributed by atoms with E-state index in [0.29, 0.717) is 12.4 Å². The van der Waals surface area contributed by atoms with E-state index >= 15 is 0 Å². The summed E-state index contributed by atoms with van der Waals surface area (Å²) in [5.74, 6) is 1.38. The van der Waals surface area contributed by atoms with Gasteiger partial charge in [-0.05, 0) is 42.3 Å². The first kappa shape index (κ1) is 21.2. The van der Waals surface area contributed by atoms with Gasteiger partial charge in [-0.15, -0.1) is 11.6 Å². The van der Waals surface area contributed by atoms with Gasteiger partial charge < -0.3 is 14.6 Å². The van der Waals surface area contributed by atoms with E-state index in [9.17, 15) is 0 Å². The Morgan fingerprint density at radius 1 is 1.06 bits per heavy atom. The van der Waals surface area contributed by atoms with Crippen molar-refractivity contribution >= 4 is 39.5 Å². The molecule has 5 rings (SSSR count). The predicted octanol–water partition coefficient (Wildman–Crippen LogP) is 4.51. The van der Waals surface area contributed by atoms with E-state index in [1.54, 1.807) is 0 Å². The standard InChI is InChI=1S/C25H28ClN5O/c26-17-19-7-8-22-23(16-19)31(18-21-5-1-4-20-6-2-9-27-24(20)21)25(29-22)28-10-3-11-30-12-14-32-15-13-30/h1-2,4-9,16H,3,10-15,17-18H2,(H,28,29). The molecule has 0 radical (unpaired) electrons. The van der Waals surface area contributed by atoms with Gasteiger partial charge >= 0.3 is 0 Å². The number of ether oxygens (including phenoxy) is 1. The number of pyridine rings is 1. The van der Waals surface area contributed by atoms with Gasteiger partial charge in [-0.1, -0.05) is 30.3 Å². The number of imidazole rings is 1. The maximum absolute atomic E-state index is 6.13. The molecule has 1 saturated heterocycles. The Kier molecular flexibility index (Phi) is 6.53. The van der Waals surface area contributed by atoms with Crippen molar-refractivity contribution in [3.8, 4) is 0 Å². The minimum Gasteiger partial charge on any atom is -0.379 e. The number of benzene rings is 2. The highest BCUT2D eigenvalue weighted by Gasteiger charge is 2.14. The van der Waals surface area contributed by atoms with Crippen LogP contribution in [0.4, 0.5) is 5.95 Å². The number of para-hydroxylation sites is 1. The van der Waals surface area contributed by atoms with Crippen LogP contribution in [0.1, 0.15) is 17.5 Å². The van der Waals surface area contributed by atoms with Crippen molar-refractivity contribution in [2.45, 2.75) is 18.8 Å². The lowest BCUT2D eigenvalue weighted by atomic mass is 10.1. The Hall–Kier alpha value is -2.67. The fourth-order valence-electron chi connectivity index (χ4n) is 4.34. The monoisotopic (exact) mass is 449 g/mol. The maximum atomic E-state index is 6.13. The fraction of sp³-hybridized carbons (Fsp3) is 0.360. The summed E-state index contributed by atoms with van der Waals surface area (Å²) in [6.07, 6.45) is 2.92. The van der Waals surface area contributed by atoms with Gasteiger partial charge in [0.1, 0.15) is 0 Å². The van der Waals surface area contributed by atoms with Gasteiger partial charge in [0, 0.05) is 37.1 Å². The Balaban J connectivity index is 1.41. The molecule has 0 amide bonds. The molecule has 3 heterocycles. The zero-order valence-electron chi connectivity index (χ0n) is 18.1. The number of halogens is 1. The first-order chi connectivity index (χ1) is 15.8. The first-order valence-corrected chi connectivity index (χ1v) is 11.8. The van der Waals surface area contributed by atoms with E-state index in [0.717, 1.165) is 79.3 Å². The SMILES string of the molecule is ClCc1ccc2nc(NCCCN3CCOCC3)n(Cc3cccc4cccnc34)c2c1. The van der Waals surface area contributed by atoms with Gasteiger partial charge in [-0.2, -0.15) is 0 Å². The Morgan fingerprint density at radius 3 is 2.81 bits per heavy atom. The van der Waals surface area contributed by atoms with Crippen molar-refractivity contribution < 1.29 is 4.74 Å². The van der Waals surface area contributed by atoms with Crippen molar-refractivity contribution in [3.05, 3.63) is 65.9 Å². The van der Waals surface area contributed by atoms with Crippen LogP contribution in [-0.2, 0) is 17.2 Å². The summed E-state index contributed by atoms with van der Waals surface area (Å²) < 4.78 is 7.70. The number of alkyl halides is 1. The molecule has 166 valence electrons. The number of hydrogen-bond acceptors (Lipinski definition) is 5. The summed E-state index contributed by atoms with van der Waals surface area (Å²) in [5, 5.41) is 4.74. The van der Waals surface area contributed by atoms with Crippen molar-refractivity contribution in [1.29, 1.82) is 0 Å². The van der Waals surface area contributed by atoms with Gasteiger partial charge in [-0.25, -0.2) is 4.98 Å². The number of aromatic nitrogens is 3. The van der Waals surface area contributed by atoms with Crippen LogP contribution < -0.4 is 5.32 Å². The Morgan fingerprint density at radius 2 is 1.94 bits per heavy atom. The van der Waals surface area contributed by atoms with Crippen LogP contribution in [0.25, 0.3) is 21.9 Å². The van der Waals surface area contributed by atoms with Crippen molar-refractivity contribution in [2.75, 3.05) is 44.7 Å². The van der Waals surface area contributed by atoms with E-state index in [4.69, 9.17) is 21.3 Å². The summed E-state index contributed by atoms with van der Waals surface area (Å²) in [6.45, 7) is 6.36. The number of rotatable bonds is 8. The molecule has 2 aromatic heterocycles. The molecule has 6 nitrogen and oxygen atoms in total. The summed E-state index contributed by atoms with van der Waals surface area (Å²) in [5.41, 5.74) is 5.36. The zero-order valence-corrected chi connectivity index (χ0v) is 18.9. The van der Waals surface area contributed by atoms with Crippen LogP contribution in [0.3, 0.4) is 0 Å². The largest absolute Gasteiger partial charge is 0.379 e. The third-order valence-corrected chi connectivity index (χ3v) is 6.36. The molecule has 2 aromatic carbocycles. The van der Waals surface area contributed by atoms with Gasteiger partial charge in [0.25, 0.3) is 0 Å². The molecule has 0 aliphatic carbocycles. The van der Waals surface area contributed by atoms with Crippen LogP contribution in [0.5, 0.6) is 0 Å². The normalized spacial score (nSPS) is 14.9. The molecule has 1 N–H and O–H groups in total. The van der Waals surface area contributed by atoms with E-state index in [2.05, 4.69) is 56.2 Å². The summed E-state index contributed by atoms with van der Waals surface area (Å²) >= 11 is 6.13. The lowest BCUT2D eigenvalue weighted by molar-refractivity contribution is 0.0378. The molecule has 0 spiro atoms. The summed E-state index contributed by atoms with van der Waals surface area (Å²) in [4.78, 5) is 12.0. The topological polar surface area (TPSA) is 55.2 Å². The lowest BCUT2D eigenvalue weighted by Gasteiger charge is -2.26. The lowest BCUT2D eigenvalue weighted by Crippen LogP contribution is -2.37. The van der Waals surface area contributed by atoms with Crippen LogP contribution in [0.2, 0.25) is 0 Å². The Labute approximate surface area is 193 Å². The number of fused-ring (bicyclic) bond motifs is 2. The quantitative estimate of drug-likeness (QED) is 0.317. The first-order valence-electron chi connectivity index (χ1n) is 11.2. The van der Waals surface area contributed by atoms with E-state index in [1.165, 1.54) is 5.56 Å². The molecule has 1 aliphatic rings. The molecule has 0 bridgehead atoms. The van der Waals surface area contributed by atoms with Crippen molar-refractivity contribution in [1.82, 2.24) is 19.4 Å². The van der Waals surface area contributed by atoms with Gasteiger partial charge in [-0.3, -0.25) is 9.88 Å². The summed E-state index contributed by atoms with van der Waals surface area (Å²) in [6, 6.07) is 16.7.